The Morgan fingerprint density at radius 3 is 2.81 bits per heavy atom. The summed E-state index contributed by atoms with van der Waals surface area (Å²) in [5.74, 6) is -0.202. The van der Waals surface area contributed by atoms with E-state index >= 15 is 0 Å². The number of rotatable bonds is 8. The molecule has 0 unspecified atom stereocenters. The molecule has 116 valence electrons. The van der Waals surface area contributed by atoms with Gasteiger partial charge in [-0.15, -0.1) is 0 Å². The maximum Gasteiger partial charge on any atom is 0.253 e. The van der Waals surface area contributed by atoms with Crippen molar-refractivity contribution in [3.63, 3.8) is 0 Å². The Morgan fingerprint density at radius 2 is 2.14 bits per heavy atom. The van der Waals surface area contributed by atoms with Crippen LogP contribution in [-0.4, -0.2) is 38.4 Å². The molecular weight excluding hydrogens is 292 g/mol. The molecule has 1 aromatic carbocycles. The van der Waals surface area contributed by atoms with Crippen LogP contribution in [0, 0.1) is 0 Å². The smallest absolute Gasteiger partial charge is 0.253 e. The third-order valence-corrected chi connectivity index (χ3v) is 3.44. The summed E-state index contributed by atoms with van der Waals surface area (Å²) in [5, 5.41) is 6.82. The van der Waals surface area contributed by atoms with Crippen LogP contribution in [0.2, 0.25) is 5.02 Å². The SMILES string of the molecule is COCCO[C@H](C)C(=O)Nc1cc(Cl)ccc1NC1CC1. The van der Waals surface area contributed by atoms with E-state index in [0.29, 0.717) is 30.0 Å². The summed E-state index contributed by atoms with van der Waals surface area (Å²) in [4.78, 5) is 12.1. The van der Waals surface area contributed by atoms with E-state index in [1.165, 1.54) is 0 Å². The molecule has 0 aliphatic heterocycles. The molecule has 0 heterocycles. The van der Waals surface area contributed by atoms with Gasteiger partial charge in [-0.2, -0.15) is 0 Å². The molecule has 0 spiro atoms. The monoisotopic (exact) mass is 312 g/mol. The lowest BCUT2D eigenvalue weighted by atomic mass is 10.2. The van der Waals surface area contributed by atoms with Crippen LogP contribution >= 0.6 is 11.6 Å². The van der Waals surface area contributed by atoms with Gasteiger partial charge in [0.2, 0.25) is 0 Å². The number of halogens is 1. The summed E-state index contributed by atoms with van der Waals surface area (Å²) >= 11 is 6.01. The summed E-state index contributed by atoms with van der Waals surface area (Å²) in [6.07, 6.45) is 1.77. The molecular formula is C15H21ClN2O3. The summed E-state index contributed by atoms with van der Waals surface area (Å²) in [6.45, 7) is 2.56. The Morgan fingerprint density at radius 1 is 1.38 bits per heavy atom. The molecule has 0 bridgehead atoms. The number of hydrogen-bond acceptors (Lipinski definition) is 4. The second kappa shape index (κ2) is 7.64. The van der Waals surface area contributed by atoms with Crippen LogP contribution in [-0.2, 0) is 14.3 Å². The average Bonchev–Trinajstić information content (AvgIpc) is 3.26. The Bertz CT molecular complexity index is 492. The first-order chi connectivity index (χ1) is 10.1. The summed E-state index contributed by atoms with van der Waals surface area (Å²) in [6, 6.07) is 5.93. The number of carbonyl (C=O) groups excluding carboxylic acids is 1. The predicted molar refractivity (Wildman–Crippen MR) is 84.0 cm³/mol. The lowest BCUT2D eigenvalue weighted by Gasteiger charge is -2.16. The molecule has 1 aromatic rings. The van der Waals surface area contributed by atoms with Crippen molar-refractivity contribution in [3.8, 4) is 0 Å². The molecule has 6 heteroatoms. The largest absolute Gasteiger partial charge is 0.382 e. The van der Waals surface area contributed by atoms with E-state index in [1.807, 2.05) is 6.07 Å². The molecule has 1 saturated carbocycles. The first kappa shape index (κ1) is 16.1. The van der Waals surface area contributed by atoms with E-state index < -0.39 is 6.10 Å². The fourth-order valence-electron chi connectivity index (χ4n) is 1.81. The van der Waals surface area contributed by atoms with E-state index in [1.54, 1.807) is 26.2 Å². The Balaban J connectivity index is 1.96. The minimum absolute atomic E-state index is 0.202. The lowest BCUT2D eigenvalue weighted by Crippen LogP contribution is -2.29. The molecule has 5 nitrogen and oxygen atoms in total. The van der Waals surface area contributed by atoms with E-state index in [4.69, 9.17) is 21.1 Å². The zero-order valence-electron chi connectivity index (χ0n) is 12.3. The Hall–Kier alpha value is -1.30. The fraction of sp³-hybridized carbons (Fsp3) is 0.533. The maximum atomic E-state index is 12.1. The number of hydrogen-bond donors (Lipinski definition) is 2. The van der Waals surface area contributed by atoms with Gasteiger partial charge >= 0.3 is 0 Å². The number of benzene rings is 1. The van der Waals surface area contributed by atoms with Gasteiger partial charge in [0, 0.05) is 18.2 Å². The number of carbonyl (C=O) groups is 1. The van der Waals surface area contributed by atoms with Gasteiger partial charge in [-0.25, -0.2) is 0 Å². The minimum atomic E-state index is -0.548. The average molecular weight is 313 g/mol. The molecule has 2 N–H and O–H groups in total. The molecule has 1 fully saturated rings. The first-order valence-corrected chi connectivity index (χ1v) is 7.45. The summed E-state index contributed by atoms with van der Waals surface area (Å²) in [5.41, 5.74) is 1.57. The topological polar surface area (TPSA) is 59.6 Å². The van der Waals surface area contributed by atoms with Gasteiger partial charge in [0.05, 0.1) is 24.6 Å². The number of ether oxygens (including phenoxy) is 2. The van der Waals surface area contributed by atoms with Crippen molar-refractivity contribution in [1.29, 1.82) is 0 Å². The zero-order valence-corrected chi connectivity index (χ0v) is 13.1. The highest BCUT2D eigenvalue weighted by molar-refractivity contribution is 6.31. The summed E-state index contributed by atoms with van der Waals surface area (Å²) in [7, 11) is 1.59. The predicted octanol–water partition coefficient (Wildman–Crippen LogP) is 2.90. The Labute approximate surface area is 130 Å². The number of anilines is 2. The van der Waals surface area contributed by atoms with Crippen molar-refractivity contribution in [2.24, 2.45) is 0 Å². The molecule has 0 aromatic heterocycles. The van der Waals surface area contributed by atoms with Crippen molar-refractivity contribution in [2.75, 3.05) is 31.0 Å². The van der Waals surface area contributed by atoms with Crippen LogP contribution in [0.15, 0.2) is 18.2 Å². The molecule has 1 amide bonds. The molecule has 0 saturated heterocycles. The normalized spacial score (nSPS) is 15.6. The van der Waals surface area contributed by atoms with Gasteiger partial charge in [-0.3, -0.25) is 4.79 Å². The quantitative estimate of drug-likeness (QED) is 0.725. The lowest BCUT2D eigenvalue weighted by molar-refractivity contribution is -0.127. The van der Waals surface area contributed by atoms with Gasteiger partial charge in [-0.1, -0.05) is 11.6 Å². The zero-order chi connectivity index (χ0) is 15.2. The number of nitrogens with one attached hydrogen (secondary N) is 2. The fourth-order valence-corrected chi connectivity index (χ4v) is 1.98. The molecule has 1 atom stereocenters. The van der Waals surface area contributed by atoms with Gasteiger partial charge in [0.15, 0.2) is 0 Å². The highest BCUT2D eigenvalue weighted by Crippen LogP contribution is 2.31. The molecule has 0 radical (unpaired) electrons. The van der Waals surface area contributed by atoms with E-state index in [0.717, 1.165) is 18.5 Å². The van der Waals surface area contributed by atoms with E-state index in [9.17, 15) is 4.79 Å². The Kier molecular flexibility index (Phi) is 5.85. The van der Waals surface area contributed by atoms with E-state index in [2.05, 4.69) is 10.6 Å². The third-order valence-electron chi connectivity index (χ3n) is 3.20. The van der Waals surface area contributed by atoms with E-state index in [-0.39, 0.29) is 5.91 Å². The van der Waals surface area contributed by atoms with Gasteiger partial charge in [0.25, 0.3) is 5.91 Å². The van der Waals surface area contributed by atoms with Crippen molar-refractivity contribution >= 4 is 28.9 Å². The van der Waals surface area contributed by atoms with Crippen LogP contribution in [0.1, 0.15) is 19.8 Å². The third kappa shape index (κ3) is 5.19. The second-order valence-electron chi connectivity index (χ2n) is 5.10. The van der Waals surface area contributed by atoms with Crippen LogP contribution in [0.3, 0.4) is 0 Å². The first-order valence-electron chi connectivity index (χ1n) is 7.07. The maximum absolute atomic E-state index is 12.1. The van der Waals surface area contributed by atoms with Crippen molar-refractivity contribution in [3.05, 3.63) is 23.2 Å². The number of methoxy groups -OCH3 is 1. The molecule has 21 heavy (non-hydrogen) atoms. The molecule has 1 aliphatic carbocycles. The van der Waals surface area contributed by atoms with Crippen LogP contribution in [0.25, 0.3) is 0 Å². The highest BCUT2D eigenvalue weighted by atomic mass is 35.5. The van der Waals surface area contributed by atoms with Crippen LogP contribution in [0.4, 0.5) is 11.4 Å². The van der Waals surface area contributed by atoms with Crippen LogP contribution < -0.4 is 10.6 Å². The van der Waals surface area contributed by atoms with Crippen LogP contribution in [0.5, 0.6) is 0 Å². The van der Waals surface area contributed by atoms with Gasteiger partial charge < -0.3 is 20.1 Å². The molecule has 1 aliphatic rings. The van der Waals surface area contributed by atoms with Crippen molar-refractivity contribution in [1.82, 2.24) is 0 Å². The van der Waals surface area contributed by atoms with Crippen molar-refractivity contribution < 1.29 is 14.3 Å². The summed E-state index contributed by atoms with van der Waals surface area (Å²) < 4.78 is 10.3. The standard InChI is InChI=1S/C15H21ClN2O3/c1-10(21-8-7-20-2)15(19)18-14-9-11(16)3-6-13(14)17-12-4-5-12/h3,6,9-10,12,17H,4-5,7-8H2,1-2H3,(H,18,19)/t10-/m1/s1. The van der Waals surface area contributed by atoms with Gasteiger partial charge in [0.1, 0.15) is 6.10 Å². The number of amides is 1. The second-order valence-corrected chi connectivity index (χ2v) is 5.54. The van der Waals surface area contributed by atoms with Crippen molar-refractivity contribution in [2.45, 2.75) is 31.9 Å². The van der Waals surface area contributed by atoms with Gasteiger partial charge in [-0.05, 0) is 38.0 Å². The highest BCUT2D eigenvalue weighted by Gasteiger charge is 2.23. The minimum Gasteiger partial charge on any atom is -0.382 e. The molecule has 2 rings (SSSR count).